The van der Waals surface area contributed by atoms with Gasteiger partial charge in [0.25, 0.3) is 0 Å². The minimum absolute atomic E-state index is 0.00606. The Balaban J connectivity index is 2.63. The van der Waals surface area contributed by atoms with Crippen molar-refractivity contribution in [2.75, 3.05) is 20.1 Å². The summed E-state index contributed by atoms with van der Waals surface area (Å²) in [5.74, 6) is -0.332. The van der Waals surface area contributed by atoms with Crippen LogP contribution in [0.1, 0.15) is 25.3 Å². The van der Waals surface area contributed by atoms with Crippen molar-refractivity contribution in [1.29, 1.82) is 0 Å². The van der Waals surface area contributed by atoms with E-state index in [1.54, 1.807) is 11.9 Å². The first-order valence-corrected chi connectivity index (χ1v) is 7.22. The third-order valence-corrected chi connectivity index (χ3v) is 4.00. The zero-order valence-corrected chi connectivity index (χ0v) is 13.4. The molecule has 1 aromatic carbocycles. The molecule has 0 aliphatic carbocycles. The molecule has 0 aliphatic heterocycles. The minimum atomic E-state index is -0.338. The molecular formula is C15H22ClN3O2. The zero-order valence-electron chi connectivity index (χ0n) is 12.6. The molecular weight excluding hydrogens is 290 g/mol. The molecule has 2 atom stereocenters. The number of hydrogen-bond acceptors (Lipinski definition) is 3. The number of nitrogens with two attached hydrogens (primary N) is 1. The van der Waals surface area contributed by atoms with Gasteiger partial charge >= 0.3 is 0 Å². The lowest BCUT2D eigenvalue weighted by molar-refractivity contribution is -0.133. The Bertz CT molecular complexity index is 490. The number of hydrogen-bond donors (Lipinski definition) is 2. The summed E-state index contributed by atoms with van der Waals surface area (Å²) < 4.78 is 0. The number of nitrogens with zero attached hydrogens (tertiary/aromatic N) is 1. The summed E-state index contributed by atoms with van der Waals surface area (Å²) in [6.45, 7) is 3.87. The molecule has 0 bridgehead atoms. The van der Waals surface area contributed by atoms with Crippen LogP contribution in [0.25, 0.3) is 0 Å². The molecule has 2 amide bonds. The zero-order chi connectivity index (χ0) is 16.0. The Kier molecular flexibility index (Phi) is 6.65. The van der Waals surface area contributed by atoms with Crippen LogP contribution in [-0.2, 0) is 9.59 Å². The van der Waals surface area contributed by atoms with E-state index in [9.17, 15) is 9.59 Å². The maximum Gasteiger partial charge on any atom is 0.241 e. The van der Waals surface area contributed by atoms with Gasteiger partial charge in [0, 0.05) is 24.0 Å². The van der Waals surface area contributed by atoms with Gasteiger partial charge in [-0.15, -0.1) is 0 Å². The predicted molar refractivity (Wildman–Crippen MR) is 84.2 cm³/mol. The molecule has 0 aromatic heterocycles. The molecule has 5 nitrogen and oxygen atoms in total. The topological polar surface area (TPSA) is 75.4 Å². The Morgan fingerprint density at radius 3 is 2.38 bits per heavy atom. The maximum atomic E-state index is 12.0. The van der Waals surface area contributed by atoms with E-state index in [4.69, 9.17) is 17.3 Å². The van der Waals surface area contributed by atoms with Crippen LogP contribution in [0, 0.1) is 0 Å². The maximum absolute atomic E-state index is 12.0. The number of likely N-dealkylation sites (N-methyl/N-ethyl adjacent to an activating group) is 1. The second-order valence-corrected chi connectivity index (χ2v) is 5.50. The van der Waals surface area contributed by atoms with Gasteiger partial charge in [-0.25, -0.2) is 0 Å². The summed E-state index contributed by atoms with van der Waals surface area (Å²) in [5.41, 5.74) is 6.29. The highest BCUT2D eigenvalue weighted by molar-refractivity contribution is 6.30. The van der Waals surface area contributed by atoms with Crippen molar-refractivity contribution in [3.05, 3.63) is 34.9 Å². The van der Waals surface area contributed by atoms with Gasteiger partial charge in [0.05, 0.1) is 13.1 Å². The first kappa shape index (κ1) is 17.5. The number of benzene rings is 1. The summed E-state index contributed by atoms with van der Waals surface area (Å²) in [4.78, 5) is 24.8. The molecule has 2 unspecified atom stereocenters. The van der Waals surface area contributed by atoms with Gasteiger partial charge in [-0.2, -0.15) is 0 Å². The molecule has 6 heteroatoms. The van der Waals surface area contributed by atoms with Crippen molar-refractivity contribution in [3.8, 4) is 0 Å². The average molecular weight is 312 g/mol. The fraction of sp³-hybridized carbons (Fsp3) is 0.467. The van der Waals surface area contributed by atoms with Crippen molar-refractivity contribution in [3.63, 3.8) is 0 Å². The largest absolute Gasteiger partial charge is 0.346 e. The second-order valence-electron chi connectivity index (χ2n) is 5.07. The first-order valence-electron chi connectivity index (χ1n) is 6.84. The van der Waals surface area contributed by atoms with E-state index in [0.29, 0.717) is 5.02 Å². The monoisotopic (exact) mass is 311 g/mol. The van der Waals surface area contributed by atoms with E-state index >= 15 is 0 Å². The lowest BCUT2D eigenvalue weighted by atomic mass is 9.93. The highest BCUT2D eigenvalue weighted by Crippen LogP contribution is 2.23. The second kappa shape index (κ2) is 8.00. The summed E-state index contributed by atoms with van der Waals surface area (Å²) in [6, 6.07) is 7.58. The van der Waals surface area contributed by atoms with Gasteiger partial charge in [0.15, 0.2) is 0 Å². The van der Waals surface area contributed by atoms with Crippen molar-refractivity contribution in [1.82, 2.24) is 10.2 Å². The first-order chi connectivity index (χ1) is 9.86. The third kappa shape index (κ3) is 5.02. The summed E-state index contributed by atoms with van der Waals surface area (Å²) in [6.07, 6.45) is 0. The Labute approximate surface area is 130 Å². The van der Waals surface area contributed by atoms with Crippen LogP contribution in [0.3, 0.4) is 0 Å². The Morgan fingerprint density at radius 2 is 1.86 bits per heavy atom. The van der Waals surface area contributed by atoms with Gasteiger partial charge in [-0.3, -0.25) is 9.59 Å². The fourth-order valence-corrected chi connectivity index (χ4v) is 2.10. The lowest BCUT2D eigenvalue weighted by Gasteiger charge is -2.30. The SMILES string of the molecule is CC(c1ccc(Cl)cc1)C(C)N(C)C(=O)CNC(=O)CN. The number of nitrogens with one attached hydrogen (secondary N) is 1. The highest BCUT2D eigenvalue weighted by Gasteiger charge is 2.22. The van der Waals surface area contributed by atoms with Crippen molar-refractivity contribution < 1.29 is 9.59 Å². The van der Waals surface area contributed by atoms with Crippen LogP contribution < -0.4 is 11.1 Å². The molecule has 0 spiro atoms. The standard InChI is InChI=1S/C15H22ClN3O2/c1-10(12-4-6-13(16)7-5-12)11(2)19(3)15(21)9-18-14(20)8-17/h4-7,10-11H,8-9,17H2,1-3H3,(H,18,20). The van der Waals surface area contributed by atoms with Crippen LogP contribution in [0.15, 0.2) is 24.3 Å². The van der Waals surface area contributed by atoms with E-state index < -0.39 is 0 Å². The molecule has 1 rings (SSSR count). The van der Waals surface area contributed by atoms with Crippen molar-refractivity contribution in [2.45, 2.75) is 25.8 Å². The molecule has 3 N–H and O–H groups in total. The summed E-state index contributed by atoms with van der Waals surface area (Å²) in [5, 5.41) is 3.17. The number of amides is 2. The van der Waals surface area contributed by atoms with Crippen LogP contribution >= 0.6 is 11.6 Å². The Morgan fingerprint density at radius 1 is 1.29 bits per heavy atom. The average Bonchev–Trinajstić information content (AvgIpc) is 2.50. The van der Waals surface area contributed by atoms with Gasteiger partial charge in [0.2, 0.25) is 11.8 Å². The van der Waals surface area contributed by atoms with E-state index in [-0.39, 0.29) is 36.9 Å². The van der Waals surface area contributed by atoms with Crippen LogP contribution in [0.5, 0.6) is 0 Å². The van der Waals surface area contributed by atoms with Gasteiger partial charge in [0.1, 0.15) is 0 Å². The smallest absolute Gasteiger partial charge is 0.241 e. The molecule has 0 saturated heterocycles. The highest BCUT2D eigenvalue weighted by atomic mass is 35.5. The minimum Gasteiger partial charge on any atom is -0.346 e. The lowest BCUT2D eigenvalue weighted by Crippen LogP contribution is -2.45. The molecule has 0 radical (unpaired) electrons. The van der Waals surface area contributed by atoms with Crippen LogP contribution in [-0.4, -0.2) is 42.9 Å². The third-order valence-electron chi connectivity index (χ3n) is 3.75. The number of carbonyl (C=O) groups is 2. The predicted octanol–water partition coefficient (Wildman–Crippen LogP) is 1.37. The number of halogens is 1. The van der Waals surface area contributed by atoms with Crippen molar-refractivity contribution >= 4 is 23.4 Å². The van der Waals surface area contributed by atoms with E-state index in [1.807, 2.05) is 31.2 Å². The normalized spacial score (nSPS) is 13.4. The van der Waals surface area contributed by atoms with E-state index in [0.717, 1.165) is 5.56 Å². The molecule has 116 valence electrons. The fourth-order valence-electron chi connectivity index (χ4n) is 1.98. The molecule has 0 saturated carbocycles. The molecule has 21 heavy (non-hydrogen) atoms. The molecule has 0 aliphatic rings. The van der Waals surface area contributed by atoms with Gasteiger partial charge in [-0.05, 0) is 24.6 Å². The van der Waals surface area contributed by atoms with Crippen LogP contribution in [0.2, 0.25) is 5.02 Å². The van der Waals surface area contributed by atoms with Crippen LogP contribution in [0.4, 0.5) is 0 Å². The van der Waals surface area contributed by atoms with E-state index in [2.05, 4.69) is 12.2 Å². The molecule has 0 heterocycles. The summed E-state index contributed by atoms with van der Waals surface area (Å²) >= 11 is 5.88. The molecule has 0 fully saturated rings. The summed E-state index contributed by atoms with van der Waals surface area (Å²) in [7, 11) is 1.73. The number of rotatable bonds is 6. The Hall–Kier alpha value is -1.59. The quantitative estimate of drug-likeness (QED) is 0.833. The van der Waals surface area contributed by atoms with Gasteiger partial charge in [-0.1, -0.05) is 30.7 Å². The van der Waals surface area contributed by atoms with Gasteiger partial charge < -0.3 is 16.0 Å². The van der Waals surface area contributed by atoms with Crippen molar-refractivity contribution in [2.24, 2.45) is 5.73 Å². The van der Waals surface area contributed by atoms with E-state index in [1.165, 1.54) is 0 Å². The molecule has 1 aromatic rings. The number of carbonyl (C=O) groups excluding carboxylic acids is 2.